The van der Waals surface area contributed by atoms with Gasteiger partial charge in [0.15, 0.2) is 0 Å². The Balaban J connectivity index is -0.000000688. The van der Waals surface area contributed by atoms with Crippen molar-refractivity contribution in [1.29, 1.82) is 0 Å². The van der Waals surface area contributed by atoms with E-state index in [1.807, 2.05) is 49.5 Å². The Morgan fingerprint density at radius 1 is 0.894 bits per heavy atom. The lowest BCUT2D eigenvalue weighted by Crippen LogP contribution is -2.42. The molecule has 0 spiro atoms. The monoisotopic (exact) mass is 680 g/mol. The fraction of sp³-hybridized carbons (Fsp3) is 0.519. The average molecular weight is 681 g/mol. The molecule has 1 rings (SSSR count). The molecule has 0 radical (unpaired) electrons. The smallest absolute Gasteiger partial charge is 0.334 e. The molecule has 2 N–H and O–H groups in total. The van der Waals surface area contributed by atoms with Crippen LogP contribution in [0.4, 0.5) is 0 Å². The van der Waals surface area contributed by atoms with Gasteiger partial charge in [-0.05, 0) is 46.5 Å². The lowest BCUT2D eigenvalue weighted by molar-refractivity contribution is -0.154. The number of benzene rings is 1. The van der Waals surface area contributed by atoms with E-state index >= 15 is 0 Å². The Bertz CT molecular complexity index is 1350. The first-order chi connectivity index (χ1) is 21.9. The number of carboxylic acid groups (broad SMARTS) is 1. The van der Waals surface area contributed by atoms with Crippen LogP contribution in [0.3, 0.4) is 0 Å². The lowest BCUT2D eigenvalue weighted by Gasteiger charge is -2.33. The highest BCUT2D eigenvalue weighted by Gasteiger charge is 2.30. The number of aliphatic carboxylic acids is 1. The topological polar surface area (TPSA) is 259 Å². The normalized spacial score (nSPS) is 13.4. The number of carbonyl (C=O) groups excluding carboxylic acids is 2. The van der Waals surface area contributed by atoms with Gasteiger partial charge in [-0.15, -0.1) is 32.9 Å². The van der Waals surface area contributed by atoms with Gasteiger partial charge in [0.2, 0.25) is 5.91 Å². The number of carboxylic acids is 1. The largest absolute Gasteiger partial charge is 0.481 e. The Morgan fingerprint density at radius 3 is 1.83 bits per heavy atom. The maximum Gasteiger partial charge on any atom is 0.334 e. The third-order valence-corrected chi connectivity index (χ3v) is 5.61. The van der Waals surface area contributed by atoms with Gasteiger partial charge < -0.3 is 14.7 Å². The van der Waals surface area contributed by atoms with E-state index in [-0.39, 0.29) is 37.2 Å². The molecule has 0 saturated carbocycles. The molecule has 1 aromatic rings. The van der Waals surface area contributed by atoms with E-state index in [1.165, 1.54) is 6.92 Å². The van der Waals surface area contributed by atoms with E-state index in [4.69, 9.17) is 15.1 Å². The van der Waals surface area contributed by atoms with E-state index in [9.17, 15) is 23.5 Å². The molecule has 1 unspecified atom stereocenters. The summed E-state index contributed by atoms with van der Waals surface area (Å²) in [6.45, 7) is 10.2. The molecule has 1 amide bonds. The summed E-state index contributed by atoms with van der Waals surface area (Å²) >= 11 is -2.35. The molecule has 258 valence electrons. The van der Waals surface area contributed by atoms with Gasteiger partial charge in [-0.25, -0.2) is 5.26 Å². The van der Waals surface area contributed by atoms with Crippen molar-refractivity contribution in [1.82, 2.24) is 4.90 Å². The summed E-state index contributed by atoms with van der Waals surface area (Å²) in [4.78, 5) is 45.0. The number of nitroso groups, excluding NO2 is 1. The highest BCUT2D eigenvalue weighted by atomic mass is 32.2. The number of ether oxygens (including phenoxy) is 1. The van der Waals surface area contributed by atoms with Crippen LogP contribution in [0.25, 0.3) is 0 Å². The molecule has 5 atom stereocenters. The van der Waals surface area contributed by atoms with Crippen LogP contribution in [-0.4, -0.2) is 50.4 Å². The van der Waals surface area contributed by atoms with Gasteiger partial charge in [-0.3, -0.25) is 14.4 Å². The molecular formula is C27H40N10O9S. The molecular weight excluding hydrogens is 640 g/mol. The van der Waals surface area contributed by atoms with Gasteiger partial charge >= 0.3 is 23.2 Å². The average Bonchev–Trinajstić information content (AvgIpc) is 3.05. The summed E-state index contributed by atoms with van der Waals surface area (Å²) in [5, 5.41) is 37.1. The second-order valence-corrected chi connectivity index (χ2v) is 9.36. The van der Waals surface area contributed by atoms with Crippen LogP contribution in [0.2, 0.25) is 0 Å². The van der Waals surface area contributed by atoms with Crippen LogP contribution >= 0.6 is 0 Å². The van der Waals surface area contributed by atoms with Gasteiger partial charge in [-0.2, -0.15) is 4.21 Å². The summed E-state index contributed by atoms with van der Waals surface area (Å²) in [5.74, 6) is 9.40. The van der Waals surface area contributed by atoms with Crippen LogP contribution in [0.15, 0.2) is 76.7 Å². The first-order valence-electron chi connectivity index (χ1n) is 13.1. The van der Waals surface area contributed by atoms with Gasteiger partial charge in [0.1, 0.15) is 11.4 Å². The van der Waals surface area contributed by atoms with Crippen molar-refractivity contribution < 1.29 is 38.0 Å². The minimum Gasteiger partial charge on any atom is -0.481 e. The van der Waals surface area contributed by atoms with Crippen molar-refractivity contribution in [2.24, 2.45) is 58.2 Å². The third kappa shape index (κ3) is 23.8. The Labute approximate surface area is 275 Å². The summed E-state index contributed by atoms with van der Waals surface area (Å²) < 4.78 is 21.5. The van der Waals surface area contributed by atoms with Crippen molar-refractivity contribution >= 4 is 29.1 Å². The molecule has 20 heteroatoms. The summed E-state index contributed by atoms with van der Waals surface area (Å²) in [6, 6.07) is 9.20. The molecule has 1 aromatic carbocycles. The van der Waals surface area contributed by atoms with Crippen molar-refractivity contribution in [3.05, 3.63) is 40.8 Å². The zero-order valence-electron chi connectivity index (χ0n) is 26.2. The molecule has 0 saturated heterocycles. The molecule has 0 heterocycles. The second-order valence-electron chi connectivity index (χ2n) is 8.61. The summed E-state index contributed by atoms with van der Waals surface area (Å²) in [5.41, 5.74) is 0.871. The first-order valence-corrected chi connectivity index (χ1v) is 14.1. The third-order valence-electron chi connectivity index (χ3n) is 5.27. The van der Waals surface area contributed by atoms with Gasteiger partial charge in [0.25, 0.3) is 0 Å². The Hall–Kier alpha value is -5.18. The van der Waals surface area contributed by atoms with Crippen LogP contribution in [0.1, 0.15) is 73.5 Å². The second kappa shape index (κ2) is 29.5. The van der Waals surface area contributed by atoms with Crippen LogP contribution in [0.5, 0.6) is 0 Å². The van der Waals surface area contributed by atoms with E-state index < -0.39 is 23.3 Å². The van der Waals surface area contributed by atoms with E-state index in [0.29, 0.717) is 12.8 Å². The quantitative estimate of drug-likeness (QED) is 0.0562. The zero-order valence-corrected chi connectivity index (χ0v) is 27.1. The number of hydrogen-bond donors (Lipinski definition) is 2. The highest BCUT2D eigenvalue weighted by molar-refractivity contribution is 7.78. The van der Waals surface area contributed by atoms with Gasteiger partial charge in [0.05, 0.1) is 12.0 Å². The van der Waals surface area contributed by atoms with Crippen molar-refractivity contribution in [3.63, 3.8) is 0 Å². The summed E-state index contributed by atoms with van der Waals surface area (Å²) in [7, 11) is 1.74. The fourth-order valence-electron chi connectivity index (χ4n) is 2.87. The van der Waals surface area contributed by atoms with Crippen LogP contribution in [-0.2, 0) is 34.7 Å². The highest BCUT2D eigenvalue weighted by Crippen LogP contribution is 2.25. The van der Waals surface area contributed by atoms with Crippen LogP contribution in [0, 0.1) is 40.4 Å². The van der Waals surface area contributed by atoms with E-state index in [0.717, 1.165) is 5.56 Å². The molecule has 0 aliphatic carbocycles. The lowest BCUT2D eigenvalue weighted by atomic mass is 10.00. The molecule has 0 aliphatic heterocycles. The SMILES string of the molecule is C.CC#CC[C@H](C)C(=O)N(C)[C@H](C)[C@H](OC(C)=O)c1ccccc1.CC#CC[C@H](C)C(=O)O.O=N/N=N/N=N/N=N/N=NS(=O)OO. The maximum atomic E-state index is 12.5. The number of esters is 1. The van der Waals surface area contributed by atoms with E-state index in [1.54, 1.807) is 32.7 Å². The number of hydrogen-bond acceptors (Lipinski definition) is 8. The van der Waals surface area contributed by atoms with E-state index in [2.05, 4.69) is 69.1 Å². The molecule has 47 heavy (non-hydrogen) atoms. The Kier molecular flexibility index (Phi) is 29.0. The molecule has 19 nitrogen and oxygen atoms in total. The fourth-order valence-corrected chi connectivity index (χ4v) is 2.99. The number of carbonyl (C=O) groups is 3. The van der Waals surface area contributed by atoms with Crippen molar-refractivity contribution in [3.8, 4) is 23.7 Å². The minimum absolute atomic E-state index is 0. The number of nitrogens with zero attached hydrogens (tertiary/aromatic N) is 10. The molecule has 0 aromatic heterocycles. The molecule has 0 fully saturated rings. The van der Waals surface area contributed by atoms with Gasteiger partial charge in [-0.1, -0.05) is 51.6 Å². The summed E-state index contributed by atoms with van der Waals surface area (Å²) in [6.07, 6.45) is 0.481. The first kappa shape index (κ1) is 46.2. The maximum absolute atomic E-state index is 12.5. The molecule has 0 bridgehead atoms. The predicted octanol–water partition coefficient (Wildman–Crippen LogP) is 6.23. The predicted molar refractivity (Wildman–Crippen MR) is 169 cm³/mol. The number of likely N-dealkylation sites (N-methyl/N-ethyl adjacent to an activating group) is 1. The standard InChI is InChI=1S/C19H25NO3.C7H10O2.CH4.HN9O4S/c1-6-7-11-14(2)19(22)20(5)15(3)18(23-16(4)21)17-12-9-8-10-13-17;1-3-4-5-6(2)7(8)9;;10-8-6-4-2-1-3-5-7-9-14(12)13-11/h8-10,12-15,18H,11H2,1-5H3;6H,5H2,1-2H3,(H,8,9);1H4;11H/b;;;2-1+,5-3+,6-4+,9-7?/t14-,15+,18-;6-;;/m00../s1. The van der Waals surface area contributed by atoms with Gasteiger partial charge in [0, 0.05) is 53.6 Å². The van der Waals surface area contributed by atoms with Crippen LogP contribution < -0.4 is 0 Å². The minimum atomic E-state index is -2.35. The number of amides is 1. The number of rotatable bonds is 14. The zero-order chi connectivity index (χ0) is 35.3. The van der Waals surface area contributed by atoms with Crippen molar-refractivity contribution in [2.45, 2.75) is 74.0 Å². The molecule has 0 aliphatic rings. The Morgan fingerprint density at radius 2 is 1.38 bits per heavy atom. The van der Waals surface area contributed by atoms with Crippen molar-refractivity contribution in [2.75, 3.05) is 7.05 Å².